The van der Waals surface area contributed by atoms with Gasteiger partial charge in [-0.1, -0.05) is 30.3 Å². The molecule has 0 saturated carbocycles. The first kappa shape index (κ1) is 12.1. The Bertz CT molecular complexity index is 364. The lowest BCUT2D eigenvalue weighted by Gasteiger charge is -2.15. The first-order chi connectivity index (χ1) is 8.28. The maximum Gasteiger partial charge on any atom is 0.305 e. The van der Waals surface area contributed by atoms with Gasteiger partial charge in [-0.3, -0.25) is 9.69 Å². The molecule has 3 nitrogen and oxygen atoms in total. The fourth-order valence-electron chi connectivity index (χ4n) is 2.38. The van der Waals surface area contributed by atoms with E-state index in [1.807, 2.05) is 6.07 Å². The van der Waals surface area contributed by atoms with E-state index in [1.54, 1.807) is 0 Å². The highest BCUT2D eigenvalue weighted by Crippen LogP contribution is 2.21. The zero-order chi connectivity index (χ0) is 12.1. The average molecular weight is 233 g/mol. The van der Waals surface area contributed by atoms with E-state index >= 15 is 0 Å². The van der Waals surface area contributed by atoms with Gasteiger partial charge in [-0.05, 0) is 24.4 Å². The minimum Gasteiger partial charge on any atom is -0.469 e. The lowest BCUT2D eigenvalue weighted by Crippen LogP contribution is -2.21. The van der Waals surface area contributed by atoms with Crippen molar-refractivity contribution >= 4 is 5.97 Å². The fourth-order valence-corrected chi connectivity index (χ4v) is 2.38. The van der Waals surface area contributed by atoms with E-state index in [4.69, 9.17) is 4.74 Å². The van der Waals surface area contributed by atoms with E-state index in [0.717, 1.165) is 26.1 Å². The molecule has 3 heteroatoms. The van der Waals surface area contributed by atoms with Crippen molar-refractivity contribution in [3.63, 3.8) is 0 Å². The van der Waals surface area contributed by atoms with Crippen LogP contribution in [0.1, 0.15) is 18.4 Å². The normalized spacial score (nSPS) is 20.4. The number of rotatable bonds is 4. The highest BCUT2D eigenvalue weighted by molar-refractivity contribution is 5.69. The van der Waals surface area contributed by atoms with Crippen LogP contribution in [0.3, 0.4) is 0 Å². The van der Waals surface area contributed by atoms with E-state index in [1.165, 1.54) is 12.7 Å². The van der Waals surface area contributed by atoms with Gasteiger partial charge in [-0.2, -0.15) is 0 Å². The first-order valence-electron chi connectivity index (χ1n) is 6.11. The lowest BCUT2D eigenvalue weighted by atomic mass is 10.1. The molecule has 0 spiro atoms. The number of methoxy groups -OCH3 is 1. The maximum atomic E-state index is 11.2. The summed E-state index contributed by atoms with van der Waals surface area (Å²) in [5.74, 6) is 0.378. The van der Waals surface area contributed by atoms with Gasteiger partial charge >= 0.3 is 5.97 Å². The molecule has 0 N–H and O–H groups in total. The maximum absolute atomic E-state index is 11.2. The minimum atomic E-state index is -0.0865. The summed E-state index contributed by atoms with van der Waals surface area (Å²) in [5.41, 5.74) is 1.34. The van der Waals surface area contributed by atoms with Crippen molar-refractivity contribution in [2.75, 3.05) is 20.2 Å². The molecular weight excluding hydrogens is 214 g/mol. The topological polar surface area (TPSA) is 29.5 Å². The fraction of sp³-hybridized carbons (Fsp3) is 0.500. The molecule has 0 bridgehead atoms. The van der Waals surface area contributed by atoms with Gasteiger partial charge in [-0.25, -0.2) is 0 Å². The molecule has 1 heterocycles. The number of carbonyl (C=O) groups excluding carboxylic acids is 1. The van der Waals surface area contributed by atoms with Gasteiger partial charge in [0.15, 0.2) is 0 Å². The third kappa shape index (κ3) is 3.56. The Morgan fingerprint density at radius 1 is 1.41 bits per heavy atom. The predicted molar refractivity (Wildman–Crippen MR) is 66.5 cm³/mol. The van der Waals surface area contributed by atoms with Crippen LogP contribution >= 0.6 is 0 Å². The molecule has 92 valence electrons. The smallest absolute Gasteiger partial charge is 0.305 e. The molecule has 0 amide bonds. The SMILES string of the molecule is COC(=O)CC1CCN(Cc2ccccc2)C1. The molecule has 1 atom stereocenters. The van der Waals surface area contributed by atoms with Crippen LogP contribution in [0.5, 0.6) is 0 Å². The van der Waals surface area contributed by atoms with Crippen LogP contribution in [-0.2, 0) is 16.1 Å². The van der Waals surface area contributed by atoms with E-state index in [0.29, 0.717) is 12.3 Å². The van der Waals surface area contributed by atoms with Gasteiger partial charge < -0.3 is 4.74 Å². The number of likely N-dealkylation sites (tertiary alicyclic amines) is 1. The second-order valence-corrected chi connectivity index (χ2v) is 4.66. The second kappa shape index (κ2) is 5.82. The lowest BCUT2D eigenvalue weighted by molar-refractivity contribution is -0.141. The molecule has 1 aromatic carbocycles. The average Bonchev–Trinajstić information content (AvgIpc) is 2.77. The summed E-state index contributed by atoms with van der Waals surface area (Å²) in [6, 6.07) is 10.5. The van der Waals surface area contributed by atoms with Crippen LogP contribution in [0.4, 0.5) is 0 Å². The van der Waals surface area contributed by atoms with Crippen LogP contribution in [0.25, 0.3) is 0 Å². The number of carbonyl (C=O) groups is 1. The second-order valence-electron chi connectivity index (χ2n) is 4.66. The summed E-state index contributed by atoms with van der Waals surface area (Å²) in [7, 11) is 1.46. The molecule has 0 aromatic heterocycles. The molecule has 1 aromatic rings. The number of benzene rings is 1. The van der Waals surface area contributed by atoms with Crippen molar-refractivity contribution in [1.29, 1.82) is 0 Å². The van der Waals surface area contributed by atoms with Gasteiger partial charge in [0.25, 0.3) is 0 Å². The molecule has 1 unspecified atom stereocenters. The molecular formula is C14H19NO2. The quantitative estimate of drug-likeness (QED) is 0.746. The number of hydrogen-bond donors (Lipinski definition) is 0. The number of hydrogen-bond acceptors (Lipinski definition) is 3. The van der Waals surface area contributed by atoms with E-state index in [2.05, 4.69) is 29.2 Å². The van der Waals surface area contributed by atoms with Crippen molar-refractivity contribution in [3.8, 4) is 0 Å². The molecule has 1 saturated heterocycles. The van der Waals surface area contributed by atoms with Crippen LogP contribution in [0.15, 0.2) is 30.3 Å². The van der Waals surface area contributed by atoms with Gasteiger partial charge in [0.05, 0.1) is 7.11 Å². The Balaban J connectivity index is 1.80. The highest BCUT2D eigenvalue weighted by atomic mass is 16.5. The molecule has 1 aliphatic rings. The zero-order valence-corrected chi connectivity index (χ0v) is 10.3. The molecule has 1 fully saturated rings. The standard InChI is InChI=1S/C14H19NO2/c1-17-14(16)9-13-7-8-15(11-13)10-12-5-3-2-4-6-12/h2-6,13H,7-11H2,1H3. The zero-order valence-electron chi connectivity index (χ0n) is 10.3. The Morgan fingerprint density at radius 3 is 2.88 bits per heavy atom. The van der Waals surface area contributed by atoms with E-state index in [-0.39, 0.29) is 5.97 Å². The number of esters is 1. The molecule has 17 heavy (non-hydrogen) atoms. The van der Waals surface area contributed by atoms with Crippen molar-refractivity contribution in [2.24, 2.45) is 5.92 Å². The van der Waals surface area contributed by atoms with Crippen LogP contribution < -0.4 is 0 Å². The van der Waals surface area contributed by atoms with Gasteiger partial charge in [0.1, 0.15) is 0 Å². The summed E-state index contributed by atoms with van der Waals surface area (Å²) in [5, 5.41) is 0. The van der Waals surface area contributed by atoms with Crippen molar-refractivity contribution in [3.05, 3.63) is 35.9 Å². The largest absolute Gasteiger partial charge is 0.469 e. The minimum absolute atomic E-state index is 0.0865. The number of nitrogens with zero attached hydrogens (tertiary/aromatic N) is 1. The Morgan fingerprint density at radius 2 is 2.18 bits per heavy atom. The van der Waals surface area contributed by atoms with Gasteiger partial charge in [0, 0.05) is 19.5 Å². The highest BCUT2D eigenvalue weighted by Gasteiger charge is 2.24. The van der Waals surface area contributed by atoms with Crippen molar-refractivity contribution in [1.82, 2.24) is 4.90 Å². The Hall–Kier alpha value is -1.35. The summed E-state index contributed by atoms with van der Waals surface area (Å²) >= 11 is 0. The summed E-state index contributed by atoms with van der Waals surface area (Å²) in [6.07, 6.45) is 1.66. The predicted octanol–water partition coefficient (Wildman–Crippen LogP) is 2.07. The number of ether oxygens (including phenoxy) is 1. The summed E-state index contributed by atoms with van der Waals surface area (Å²) in [6.45, 7) is 3.07. The molecule has 2 rings (SSSR count). The van der Waals surface area contributed by atoms with Crippen molar-refractivity contribution < 1.29 is 9.53 Å². The molecule has 1 aliphatic heterocycles. The van der Waals surface area contributed by atoms with E-state index < -0.39 is 0 Å². The summed E-state index contributed by atoms with van der Waals surface area (Å²) < 4.78 is 4.71. The monoisotopic (exact) mass is 233 g/mol. The third-order valence-corrected chi connectivity index (χ3v) is 3.30. The molecule has 0 radical (unpaired) electrons. The van der Waals surface area contributed by atoms with Gasteiger partial charge in [-0.15, -0.1) is 0 Å². The van der Waals surface area contributed by atoms with Gasteiger partial charge in [0.2, 0.25) is 0 Å². The Labute approximate surface area is 102 Å². The first-order valence-corrected chi connectivity index (χ1v) is 6.11. The van der Waals surface area contributed by atoms with Crippen molar-refractivity contribution in [2.45, 2.75) is 19.4 Å². The van der Waals surface area contributed by atoms with Crippen LogP contribution in [0.2, 0.25) is 0 Å². The third-order valence-electron chi connectivity index (χ3n) is 3.30. The van der Waals surface area contributed by atoms with Crippen LogP contribution in [0, 0.1) is 5.92 Å². The summed E-state index contributed by atoms with van der Waals surface area (Å²) in [4.78, 5) is 13.6. The Kier molecular flexibility index (Phi) is 4.15. The van der Waals surface area contributed by atoms with Crippen LogP contribution in [-0.4, -0.2) is 31.1 Å². The van der Waals surface area contributed by atoms with E-state index in [9.17, 15) is 4.79 Å². The molecule has 0 aliphatic carbocycles.